The van der Waals surface area contributed by atoms with Crippen molar-refractivity contribution in [3.05, 3.63) is 22.5 Å². The zero-order valence-electron chi connectivity index (χ0n) is 15.2. The molecule has 0 atom stereocenters. The molecule has 2 aromatic rings. The number of nitrogens with zero attached hydrogens (tertiary/aromatic N) is 2. The van der Waals surface area contributed by atoms with E-state index in [1.807, 2.05) is 30.9 Å². The number of hydrogen-bond acceptors (Lipinski definition) is 6. The van der Waals surface area contributed by atoms with Crippen LogP contribution in [0, 0.1) is 0 Å². The van der Waals surface area contributed by atoms with Crippen molar-refractivity contribution in [1.82, 2.24) is 4.57 Å². The van der Waals surface area contributed by atoms with Gasteiger partial charge in [-0.05, 0) is 19.9 Å². The second-order valence-electron chi connectivity index (χ2n) is 6.35. The molecule has 0 spiro atoms. The summed E-state index contributed by atoms with van der Waals surface area (Å²) in [6, 6.07) is 3.63. The van der Waals surface area contributed by atoms with Crippen LogP contribution in [0.5, 0.6) is 11.5 Å². The van der Waals surface area contributed by atoms with Gasteiger partial charge in [0.2, 0.25) is 0 Å². The number of benzene rings is 1. The van der Waals surface area contributed by atoms with E-state index in [0.717, 1.165) is 10.9 Å². The number of rotatable bonds is 4. The Bertz CT molecular complexity index is 839. The van der Waals surface area contributed by atoms with Gasteiger partial charge in [-0.3, -0.25) is 4.79 Å². The fourth-order valence-corrected chi connectivity index (χ4v) is 3.35. The van der Waals surface area contributed by atoms with Crippen molar-refractivity contribution < 1.29 is 14.2 Å². The molecule has 25 heavy (non-hydrogen) atoms. The summed E-state index contributed by atoms with van der Waals surface area (Å²) in [4.78, 5) is 15.2. The van der Waals surface area contributed by atoms with Gasteiger partial charge in [-0.15, -0.1) is 0 Å². The summed E-state index contributed by atoms with van der Waals surface area (Å²) >= 11 is 0. The first-order valence-corrected chi connectivity index (χ1v) is 8.42. The number of aromatic nitrogens is 1. The summed E-state index contributed by atoms with van der Waals surface area (Å²) < 4.78 is 18.0. The van der Waals surface area contributed by atoms with Crippen molar-refractivity contribution in [2.75, 3.05) is 51.2 Å². The van der Waals surface area contributed by atoms with Crippen molar-refractivity contribution in [1.29, 1.82) is 0 Å². The molecule has 1 aromatic carbocycles. The molecule has 0 bridgehead atoms. The van der Waals surface area contributed by atoms with Gasteiger partial charge in [0, 0.05) is 30.6 Å². The average molecular weight is 347 g/mol. The van der Waals surface area contributed by atoms with Crippen LogP contribution >= 0.6 is 0 Å². The van der Waals surface area contributed by atoms with E-state index in [0.29, 0.717) is 49.2 Å². The first kappa shape index (κ1) is 17.4. The number of ether oxygens (including phenoxy) is 3. The first-order valence-electron chi connectivity index (χ1n) is 8.42. The van der Waals surface area contributed by atoms with Crippen LogP contribution in [0.2, 0.25) is 0 Å². The Labute approximate surface area is 146 Å². The van der Waals surface area contributed by atoms with Crippen molar-refractivity contribution in [2.24, 2.45) is 0 Å². The van der Waals surface area contributed by atoms with Crippen LogP contribution in [-0.2, 0) is 4.74 Å². The molecule has 1 fully saturated rings. The van der Waals surface area contributed by atoms with Crippen LogP contribution in [0.3, 0.4) is 0 Å². The predicted molar refractivity (Wildman–Crippen MR) is 99.1 cm³/mol. The van der Waals surface area contributed by atoms with Gasteiger partial charge in [0.05, 0.1) is 38.6 Å². The number of hydrogen-bond donors (Lipinski definition) is 1. The van der Waals surface area contributed by atoms with Crippen molar-refractivity contribution in [2.45, 2.75) is 19.9 Å². The molecule has 7 heteroatoms. The summed E-state index contributed by atoms with van der Waals surface area (Å²) in [5, 5.41) is 0.785. The zero-order valence-corrected chi connectivity index (χ0v) is 15.2. The Morgan fingerprint density at radius 1 is 1.12 bits per heavy atom. The lowest BCUT2D eigenvalue weighted by molar-refractivity contribution is 0.122. The largest absolute Gasteiger partial charge is 0.493 e. The van der Waals surface area contributed by atoms with E-state index in [-0.39, 0.29) is 11.6 Å². The number of nitrogen functional groups attached to an aromatic ring is 1. The lowest BCUT2D eigenvalue weighted by atomic mass is 10.1. The summed E-state index contributed by atoms with van der Waals surface area (Å²) in [7, 11) is 3.16. The Kier molecular flexibility index (Phi) is 4.76. The molecule has 0 unspecified atom stereocenters. The molecule has 2 N–H and O–H groups in total. The highest BCUT2D eigenvalue weighted by molar-refractivity contribution is 5.98. The van der Waals surface area contributed by atoms with Crippen LogP contribution in [0.25, 0.3) is 10.9 Å². The number of fused-ring (bicyclic) bond motifs is 1. The van der Waals surface area contributed by atoms with E-state index in [2.05, 4.69) is 0 Å². The van der Waals surface area contributed by atoms with E-state index in [9.17, 15) is 4.79 Å². The maximum absolute atomic E-state index is 13.2. The third kappa shape index (κ3) is 2.89. The van der Waals surface area contributed by atoms with Gasteiger partial charge in [-0.1, -0.05) is 0 Å². The number of morpholine rings is 1. The van der Waals surface area contributed by atoms with Crippen LogP contribution in [0.4, 0.5) is 11.4 Å². The lowest BCUT2D eigenvalue weighted by Crippen LogP contribution is -2.41. The van der Waals surface area contributed by atoms with Gasteiger partial charge in [-0.2, -0.15) is 0 Å². The lowest BCUT2D eigenvalue weighted by Gasteiger charge is -2.31. The smallest absolute Gasteiger partial charge is 0.276 e. The molecule has 0 aliphatic carbocycles. The van der Waals surface area contributed by atoms with Crippen LogP contribution in [0.15, 0.2) is 16.9 Å². The summed E-state index contributed by atoms with van der Waals surface area (Å²) in [6.45, 7) is 6.44. The maximum atomic E-state index is 13.2. The topological polar surface area (TPSA) is 79.0 Å². The average Bonchev–Trinajstić information content (AvgIpc) is 2.61. The van der Waals surface area contributed by atoms with Crippen LogP contribution in [-0.4, -0.2) is 45.1 Å². The monoisotopic (exact) mass is 347 g/mol. The molecule has 0 saturated carbocycles. The van der Waals surface area contributed by atoms with Crippen LogP contribution in [0.1, 0.15) is 19.9 Å². The van der Waals surface area contributed by atoms with E-state index < -0.39 is 0 Å². The quantitative estimate of drug-likeness (QED) is 0.912. The third-order valence-corrected chi connectivity index (χ3v) is 4.57. The molecule has 3 rings (SSSR count). The number of nitrogens with two attached hydrogens (primary N) is 1. The maximum Gasteiger partial charge on any atom is 0.276 e. The third-order valence-electron chi connectivity index (χ3n) is 4.57. The Morgan fingerprint density at radius 3 is 2.28 bits per heavy atom. The molecule has 136 valence electrons. The fourth-order valence-electron chi connectivity index (χ4n) is 3.35. The number of pyridine rings is 1. The minimum absolute atomic E-state index is 0.0199. The molecular formula is C18H25N3O4. The normalized spacial score (nSPS) is 15.0. The van der Waals surface area contributed by atoms with Gasteiger partial charge in [0.15, 0.2) is 11.5 Å². The Morgan fingerprint density at radius 2 is 1.72 bits per heavy atom. The van der Waals surface area contributed by atoms with Gasteiger partial charge in [0.1, 0.15) is 5.69 Å². The Balaban J connectivity index is 2.36. The second-order valence-corrected chi connectivity index (χ2v) is 6.35. The molecule has 7 nitrogen and oxygen atoms in total. The van der Waals surface area contributed by atoms with Crippen molar-refractivity contribution in [3.63, 3.8) is 0 Å². The predicted octanol–water partition coefficient (Wildman–Crippen LogP) is 2.02. The highest BCUT2D eigenvalue weighted by Crippen LogP contribution is 2.37. The van der Waals surface area contributed by atoms with Crippen molar-refractivity contribution >= 4 is 22.3 Å². The SMILES string of the molecule is COc1cc2c(N)c(N3CCOCC3)c(=O)n(C(C)C)c2cc1OC. The van der Waals surface area contributed by atoms with E-state index in [1.165, 1.54) is 0 Å². The first-order chi connectivity index (χ1) is 12.0. The molecule has 2 heterocycles. The minimum atomic E-state index is -0.0888. The molecule has 1 aliphatic rings. The minimum Gasteiger partial charge on any atom is -0.493 e. The fraction of sp³-hybridized carbons (Fsp3) is 0.500. The van der Waals surface area contributed by atoms with E-state index in [1.54, 1.807) is 18.8 Å². The molecular weight excluding hydrogens is 322 g/mol. The molecule has 1 aromatic heterocycles. The molecule has 1 saturated heterocycles. The van der Waals surface area contributed by atoms with E-state index in [4.69, 9.17) is 19.9 Å². The van der Waals surface area contributed by atoms with Gasteiger partial charge in [-0.25, -0.2) is 0 Å². The van der Waals surface area contributed by atoms with Crippen LogP contribution < -0.4 is 25.7 Å². The number of anilines is 2. The zero-order chi connectivity index (χ0) is 18.1. The standard InChI is InChI=1S/C18H25N3O4/c1-11(2)21-13-10-15(24-4)14(23-3)9-12(13)16(19)17(18(21)22)20-5-7-25-8-6-20/h9-11H,5-8,19H2,1-4H3. The Hall–Kier alpha value is -2.41. The van der Waals surface area contributed by atoms with Gasteiger partial charge >= 0.3 is 0 Å². The molecule has 0 amide bonds. The van der Waals surface area contributed by atoms with Gasteiger partial charge < -0.3 is 29.4 Å². The van der Waals surface area contributed by atoms with E-state index >= 15 is 0 Å². The highest BCUT2D eigenvalue weighted by Gasteiger charge is 2.24. The van der Waals surface area contributed by atoms with Crippen molar-refractivity contribution in [3.8, 4) is 11.5 Å². The summed E-state index contributed by atoms with van der Waals surface area (Å²) in [5.41, 5.74) is 8.11. The van der Waals surface area contributed by atoms with Gasteiger partial charge in [0.25, 0.3) is 5.56 Å². The number of methoxy groups -OCH3 is 2. The molecule has 1 aliphatic heterocycles. The summed E-state index contributed by atoms with van der Waals surface area (Å²) in [6.07, 6.45) is 0. The second kappa shape index (κ2) is 6.84. The highest BCUT2D eigenvalue weighted by atomic mass is 16.5. The summed E-state index contributed by atoms with van der Waals surface area (Å²) in [5.74, 6) is 1.16. The molecule has 0 radical (unpaired) electrons.